The van der Waals surface area contributed by atoms with Crippen LogP contribution in [0.3, 0.4) is 0 Å². The first kappa shape index (κ1) is 13.2. The SMILES string of the molecule is N[C@@H](CCc1ccccc1)CNCc1nccs1. The van der Waals surface area contributed by atoms with Crippen molar-refractivity contribution in [3.05, 3.63) is 52.5 Å². The van der Waals surface area contributed by atoms with Crippen LogP contribution in [0.25, 0.3) is 0 Å². The minimum absolute atomic E-state index is 0.199. The largest absolute Gasteiger partial charge is 0.327 e. The average Bonchev–Trinajstić information content (AvgIpc) is 2.91. The molecule has 0 saturated heterocycles. The molecule has 2 aromatic rings. The van der Waals surface area contributed by atoms with Crippen molar-refractivity contribution in [1.29, 1.82) is 0 Å². The Morgan fingerprint density at radius 2 is 2.11 bits per heavy atom. The Balaban J connectivity index is 1.62. The van der Waals surface area contributed by atoms with Crippen molar-refractivity contribution in [1.82, 2.24) is 10.3 Å². The first-order valence-corrected chi connectivity index (χ1v) is 7.11. The van der Waals surface area contributed by atoms with Crippen LogP contribution in [0.4, 0.5) is 0 Å². The Morgan fingerprint density at radius 1 is 1.28 bits per heavy atom. The molecule has 18 heavy (non-hydrogen) atoms. The highest BCUT2D eigenvalue weighted by atomic mass is 32.1. The molecule has 0 radical (unpaired) electrons. The van der Waals surface area contributed by atoms with Gasteiger partial charge in [0.1, 0.15) is 5.01 Å². The van der Waals surface area contributed by atoms with Crippen molar-refractivity contribution >= 4 is 11.3 Å². The molecule has 4 heteroatoms. The number of benzene rings is 1. The molecule has 96 valence electrons. The molecule has 0 aliphatic heterocycles. The summed E-state index contributed by atoms with van der Waals surface area (Å²) < 4.78 is 0. The summed E-state index contributed by atoms with van der Waals surface area (Å²) in [4.78, 5) is 4.22. The summed E-state index contributed by atoms with van der Waals surface area (Å²) in [5.41, 5.74) is 7.44. The molecule has 0 aliphatic rings. The number of nitrogens with one attached hydrogen (secondary N) is 1. The molecule has 0 spiro atoms. The van der Waals surface area contributed by atoms with Crippen molar-refractivity contribution in [2.24, 2.45) is 5.73 Å². The van der Waals surface area contributed by atoms with Gasteiger partial charge in [-0.1, -0.05) is 30.3 Å². The number of nitrogens with two attached hydrogens (primary N) is 1. The number of aryl methyl sites for hydroxylation is 1. The Morgan fingerprint density at radius 3 is 2.83 bits per heavy atom. The summed E-state index contributed by atoms with van der Waals surface area (Å²) in [7, 11) is 0. The van der Waals surface area contributed by atoms with Gasteiger partial charge in [-0.2, -0.15) is 0 Å². The second-order valence-electron chi connectivity index (χ2n) is 4.34. The van der Waals surface area contributed by atoms with Crippen molar-refractivity contribution in [2.75, 3.05) is 6.54 Å². The Kier molecular flexibility index (Phi) is 5.33. The van der Waals surface area contributed by atoms with Crippen molar-refractivity contribution in [2.45, 2.75) is 25.4 Å². The molecule has 0 unspecified atom stereocenters. The van der Waals surface area contributed by atoms with Gasteiger partial charge in [0, 0.05) is 30.7 Å². The van der Waals surface area contributed by atoms with E-state index in [1.54, 1.807) is 11.3 Å². The number of hydrogen-bond acceptors (Lipinski definition) is 4. The molecule has 0 aliphatic carbocycles. The molecule has 3 nitrogen and oxygen atoms in total. The Labute approximate surface area is 112 Å². The molecular weight excluding hydrogens is 242 g/mol. The van der Waals surface area contributed by atoms with Crippen molar-refractivity contribution in [3.8, 4) is 0 Å². The summed E-state index contributed by atoms with van der Waals surface area (Å²) in [5, 5.41) is 6.46. The van der Waals surface area contributed by atoms with E-state index < -0.39 is 0 Å². The lowest BCUT2D eigenvalue weighted by Crippen LogP contribution is -2.33. The van der Waals surface area contributed by atoms with Crippen LogP contribution in [0.15, 0.2) is 41.9 Å². The predicted octanol–water partition coefficient (Wildman–Crippen LogP) is 2.19. The van der Waals surface area contributed by atoms with Gasteiger partial charge < -0.3 is 11.1 Å². The van der Waals surface area contributed by atoms with Crippen LogP contribution < -0.4 is 11.1 Å². The Bertz CT molecular complexity index is 428. The third kappa shape index (κ3) is 4.56. The van der Waals surface area contributed by atoms with E-state index >= 15 is 0 Å². The third-order valence-electron chi connectivity index (χ3n) is 2.81. The minimum atomic E-state index is 0.199. The first-order chi connectivity index (χ1) is 8.84. The molecule has 2 rings (SSSR count). The average molecular weight is 261 g/mol. The highest BCUT2D eigenvalue weighted by molar-refractivity contribution is 7.09. The summed E-state index contributed by atoms with van der Waals surface area (Å²) in [6.07, 6.45) is 3.88. The fourth-order valence-corrected chi connectivity index (χ4v) is 2.39. The second-order valence-corrected chi connectivity index (χ2v) is 5.32. The second kappa shape index (κ2) is 7.26. The lowest BCUT2D eigenvalue weighted by atomic mass is 10.1. The highest BCUT2D eigenvalue weighted by Gasteiger charge is 2.03. The van der Waals surface area contributed by atoms with Gasteiger partial charge in [-0.05, 0) is 18.4 Å². The van der Waals surface area contributed by atoms with E-state index in [0.29, 0.717) is 0 Å². The first-order valence-electron chi connectivity index (χ1n) is 6.23. The standard InChI is InChI=1S/C14H19N3S/c15-13(7-6-12-4-2-1-3-5-12)10-16-11-14-17-8-9-18-14/h1-5,8-9,13,16H,6-7,10-11,15H2/t13-/m0/s1. The van der Waals surface area contributed by atoms with Gasteiger partial charge in [-0.25, -0.2) is 4.98 Å². The van der Waals surface area contributed by atoms with Gasteiger partial charge >= 0.3 is 0 Å². The quantitative estimate of drug-likeness (QED) is 0.803. The topological polar surface area (TPSA) is 50.9 Å². The van der Waals surface area contributed by atoms with E-state index in [4.69, 9.17) is 5.73 Å². The molecule has 1 atom stereocenters. The fraction of sp³-hybridized carbons (Fsp3) is 0.357. The van der Waals surface area contributed by atoms with Crippen LogP contribution in [0.2, 0.25) is 0 Å². The number of nitrogens with zero attached hydrogens (tertiary/aromatic N) is 1. The molecule has 1 heterocycles. The number of rotatable bonds is 7. The van der Waals surface area contributed by atoms with Gasteiger partial charge in [-0.3, -0.25) is 0 Å². The normalized spacial score (nSPS) is 12.5. The molecule has 0 amide bonds. The van der Waals surface area contributed by atoms with Gasteiger partial charge in [0.15, 0.2) is 0 Å². The highest BCUT2D eigenvalue weighted by Crippen LogP contribution is 2.05. The predicted molar refractivity (Wildman–Crippen MR) is 76.6 cm³/mol. The Hall–Kier alpha value is -1.23. The van der Waals surface area contributed by atoms with E-state index in [9.17, 15) is 0 Å². The minimum Gasteiger partial charge on any atom is -0.327 e. The van der Waals surface area contributed by atoms with Crippen LogP contribution in [0.1, 0.15) is 17.0 Å². The van der Waals surface area contributed by atoms with Crippen molar-refractivity contribution in [3.63, 3.8) is 0 Å². The lowest BCUT2D eigenvalue weighted by molar-refractivity contribution is 0.543. The molecule has 1 aromatic carbocycles. The number of hydrogen-bond donors (Lipinski definition) is 2. The van der Waals surface area contributed by atoms with Crippen LogP contribution in [0.5, 0.6) is 0 Å². The van der Waals surface area contributed by atoms with Gasteiger partial charge in [-0.15, -0.1) is 11.3 Å². The van der Waals surface area contributed by atoms with Gasteiger partial charge in [0.2, 0.25) is 0 Å². The van der Waals surface area contributed by atoms with Crippen LogP contribution in [-0.4, -0.2) is 17.6 Å². The van der Waals surface area contributed by atoms with E-state index in [2.05, 4.69) is 34.6 Å². The zero-order valence-electron chi connectivity index (χ0n) is 10.4. The molecule has 0 fully saturated rings. The summed E-state index contributed by atoms with van der Waals surface area (Å²) in [5.74, 6) is 0. The summed E-state index contributed by atoms with van der Waals surface area (Å²) in [6, 6.07) is 10.7. The zero-order valence-corrected chi connectivity index (χ0v) is 11.2. The maximum Gasteiger partial charge on any atom is 0.106 e. The monoisotopic (exact) mass is 261 g/mol. The maximum absolute atomic E-state index is 6.08. The number of thiazole rings is 1. The van der Waals surface area contributed by atoms with E-state index in [-0.39, 0.29) is 6.04 Å². The summed E-state index contributed by atoms with van der Waals surface area (Å²) >= 11 is 1.67. The van der Waals surface area contributed by atoms with Crippen LogP contribution >= 0.6 is 11.3 Å². The zero-order chi connectivity index (χ0) is 12.6. The number of aromatic nitrogens is 1. The van der Waals surface area contributed by atoms with Crippen molar-refractivity contribution < 1.29 is 0 Å². The molecule has 0 bridgehead atoms. The van der Waals surface area contributed by atoms with Crippen LogP contribution in [0, 0.1) is 0 Å². The van der Waals surface area contributed by atoms with Crippen LogP contribution in [-0.2, 0) is 13.0 Å². The smallest absolute Gasteiger partial charge is 0.106 e. The molecular formula is C14H19N3S. The maximum atomic E-state index is 6.08. The lowest BCUT2D eigenvalue weighted by Gasteiger charge is -2.12. The molecule has 0 saturated carbocycles. The summed E-state index contributed by atoms with van der Waals surface area (Å²) in [6.45, 7) is 1.66. The van der Waals surface area contributed by atoms with E-state index in [0.717, 1.165) is 30.9 Å². The van der Waals surface area contributed by atoms with Gasteiger partial charge in [0.25, 0.3) is 0 Å². The third-order valence-corrected chi connectivity index (χ3v) is 3.59. The molecule has 1 aromatic heterocycles. The molecule has 3 N–H and O–H groups in total. The van der Waals surface area contributed by atoms with Gasteiger partial charge in [0.05, 0.1) is 0 Å². The van der Waals surface area contributed by atoms with E-state index in [1.165, 1.54) is 5.56 Å². The fourth-order valence-electron chi connectivity index (χ4n) is 1.80. The van der Waals surface area contributed by atoms with E-state index in [1.807, 2.05) is 17.6 Å².